The molecule has 3 aliphatic rings. The summed E-state index contributed by atoms with van der Waals surface area (Å²) in [4.78, 5) is 41.2. The van der Waals surface area contributed by atoms with E-state index in [1.165, 1.54) is 24.2 Å². The Kier molecular flexibility index (Phi) is 7.35. The van der Waals surface area contributed by atoms with E-state index in [2.05, 4.69) is 26.1 Å². The van der Waals surface area contributed by atoms with E-state index in [1.807, 2.05) is 6.92 Å². The molecule has 1 saturated heterocycles. The summed E-state index contributed by atoms with van der Waals surface area (Å²) in [7, 11) is 1.40. The molecule has 13 heteroatoms. The van der Waals surface area contributed by atoms with Crippen molar-refractivity contribution >= 4 is 41.0 Å². The van der Waals surface area contributed by atoms with Crippen LogP contribution in [0, 0.1) is 5.92 Å². The number of nitrogens with zero attached hydrogens (tertiary/aromatic N) is 3. The summed E-state index contributed by atoms with van der Waals surface area (Å²) in [6, 6.07) is 1.33. The molecule has 0 unspecified atom stereocenters. The Morgan fingerprint density at radius 2 is 2.03 bits per heavy atom. The van der Waals surface area contributed by atoms with Gasteiger partial charge in [0.1, 0.15) is 11.5 Å². The average molecular weight is 527 g/mol. The van der Waals surface area contributed by atoms with Crippen molar-refractivity contribution in [1.82, 2.24) is 21.0 Å². The van der Waals surface area contributed by atoms with Gasteiger partial charge >= 0.3 is 17.9 Å². The Hall–Kier alpha value is -3.02. The molecule has 196 valence electrons. The van der Waals surface area contributed by atoms with E-state index in [4.69, 9.17) is 16.3 Å². The highest BCUT2D eigenvalue weighted by Gasteiger charge is 2.47. The zero-order valence-electron chi connectivity index (χ0n) is 20.1. The zero-order valence-corrected chi connectivity index (χ0v) is 20.8. The standard InChI is InChI=1S/C23H29ClF2N6O4/c1-13(29-20(34)19(33)27-2)9-14-3-5-22(6-4-14)18(30-31-21(35)36-22)15-11-28-17(10-16(15)24)32-8-7-23(25,26)12-32/h10-11,13-14H,3-9,12H2,1-2H3,(H,27,33)(H,29,34)(H,31,35)/t13-,14?,22?/m0/s1. The third-order valence-electron chi connectivity index (χ3n) is 6.98. The molecule has 10 nitrogen and oxygen atoms in total. The number of pyridine rings is 1. The van der Waals surface area contributed by atoms with Gasteiger partial charge in [-0.15, -0.1) is 0 Å². The van der Waals surface area contributed by atoms with E-state index in [0.717, 1.165) is 0 Å². The summed E-state index contributed by atoms with van der Waals surface area (Å²) in [6.07, 6.45) is 3.60. The van der Waals surface area contributed by atoms with Gasteiger partial charge in [0.25, 0.3) is 5.92 Å². The highest BCUT2D eigenvalue weighted by Crippen LogP contribution is 2.42. The van der Waals surface area contributed by atoms with Crippen molar-refractivity contribution in [2.45, 2.75) is 63.0 Å². The van der Waals surface area contributed by atoms with Gasteiger partial charge in [-0.05, 0) is 51.0 Å². The number of carbonyl (C=O) groups excluding carboxylic acids is 3. The number of nitrogens with one attached hydrogen (secondary N) is 3. The van der Waals surface area contributed by atoms with Crippen LogP contribution in [-0.2, 0) is 14.3 Å². The molecule has 1 atom stereocenters. The number of ether oxygens (including phenoxy) is 1. The number of halogens is 3. The van der Waals surface area contributed by atoms with Gasteiger partial charge in [-0.25, -0.2) is 24.0 Å². The molecular formula is C23H29ClF2N6O4. The molecule has 36 heavy (non-hydrogen) atoms. The summed E-state index contributed by atoms with van der Waals surface area (Å²) < 4.78 is 33.0. The largest absolute Gasteiger partial charge is 0.435 e. The first-order chi connectivity index (χ1) is 17.0. The van der Waals surface area contributed by atoms with Crippen molar-refractivity contribution < 1.29 is 27.9 Å². The van der Waals surface area contributed by atoms with Crippen molar-refractivity contribution in [1.29, 1.82) is 0 Å². The lowest BCUT2D eigenvalue weighted by atomic mass is 9.73. The summed E-state index contributed by atoms with van der Waals surface area (Å²) in [5.74, 6) is -3.54. The van der Waals surface area contributed by atoms with Crippen LogP contribution in [0.2, 0.25) is 5.02 Å². The molecule has 0 bridgehead atoms. The van der Waals surface area contributed by atoms with Gasteiger partial charge in [-0.1, -0.05) is 11.6 Å². The van der Waals surface area contributed by atoms with E-state index >= 15 is 0 Å². The minimum absolute atomic E-state index is 0.184. The highest BCUT2D eigenvalue weighted by atomic mass is 35.5. The van der Waals surface area contributed by atoms with Crippen LogP contribution in [0.1, 0.15) is 51.0 Å². The van der Waals surface area contributed by atoms with Gasteiger partial charge in [-0.3, -0.25) is 9.59 Å². The fourth-order valence-corrected chi connectivity index (χ4v) is 5.37. The number of rotatable bonds is 5. The van der Waals surface area contributed by atoms with E-state index in [1.54, 1.807) is 0 Å². The van der Waals surface area contributed by atoms with Gasteiger partial charge in [0.2, 0.25) is 0 Å². The third-order valence-corrected chi connectivity index (χ3v) is 7.29. The van der Waals surface area contributed by atoms with Crippen molar-refractivity contribution in [2.75, 3.05) is 25.0 Å². The molecule has 3 N–H and O–H groups in total. The fraction of sp³-hybridized carbons (Fsp3) is 0.609. The number of alkyl halides is 2. The molecule has 1 aromatic heterocycles. The maximum Gasteiger partial charge on any atom is 0.428 e. The fourth-order valence-electron chi connectivity index (χ4n) is 5.14. The second-order valence-corrected chi connectivity index (χ2v) is 10.0. The summed E-state index contributed by atoms with van der Waals surface area (Å²) in [5, 5.41) is 9.51. The minimum Gasteiger partial charge on any atom is -0.435 e. The molecule has 1 spiro atoms. The predicted octanol–water partition coefficient (Wildman–Crippen LogP) is 2.59. The SMILES string of the molecule is CNC(=O)C(=O)N[C@@H](C)CC1CCC2(CC1)OC(=O)NN=C2c1cnc(N2CCC(F)(F)C2)cc1Cl. The van der Waals surface area contributed by atoms with Crippen LogP contribution in [-0.4, -0.2) is 66.3 Å². The molecule has 4 rings (SSSR count). The maximum absolute atomic E-state index is 13.6. The van der Waals surface area contributed by atoms with Crippen molar-refractivity contribution in [2.24, 2.45) is 11.0 Å². The summed E-state index contributed by atoms with van der Waals surface area (Å²) in [5.41, 5.74) is 2.25. The smallest absolute Gasteiger partial charge is 0.428 e. The number of hydrogen-bond acceptors (Lipinski definition) is 7. The summed E-state index contributed by atoms with van der Waals surface area (Å²) in [6.45, 7) is 1.61. The van der Waals surface area contributed by atoms with Crippen LogP contribution in [0.5, 0.6) is 0 Å². The topological polar surface area (TPSA) is 125 Å². The minimum atomic E-state index is -2.76. The normalized spacial score (nSPS) is 26.0. The van der Waals surface area contributed by atoms with E-state index in [9.17, 15) is 23.2 Å². The number of anilines is 1. The predicted molar refractivity (Wildman–Crippen MR) is 128 cm³/mol. The molecule has 2 aliphatic heterocycles. The molecule has 0 radical (unpaired) electrons. The Balaban J connectivity index is 1.45. The number of carbonyl (C=O) groups is 3. The molecule has 0 aromatic carbocycles. The van der Waals surface area contributed by atoms with E-state index in [0.29, 0.717) is 49.2 Å². The van der Waals surface area contributed by atoms with Gasteiger partial charge in [0.15, 0.2) is 5.60 Å². The second-order valence-electron chi connectivity index (χ2n) is 9.64. The first-order valence-corrected chi connectivity index (χ1v) is 12.3. The van der Waals surface area contributed by atoms with Crippen LogP contribution in [0.4, 0.5) is 19.4 Å². The van der Waals surface area contributed by atoms with Gasteiger partial charge in [-0.2, -0.15) is 5.10 Å². The molecule has 3 amide bonds. The molecule has 1 aliphatic carbocycles. The van der Waals surface area contributed by atoms with Crippen LogP contribution < -0.4 is 21.0 Å². The molecule has 1 saturated carbocycles. The number of hydrazone groups is 1. The van der Waals surface area contributed by atoms with Crippen LogP contribution in [0.25, 0.3) is 0 Å². The van der Waals surface area contributed by atoms with E-state index in [-0.39, 0.29) is 29.9 Å². The monoisotopic (exact) mass is 526 g/mol. The number of aromatic nitrogens is 1. The Morgan fingerprint density at radius 1 is 1.31 bits per heavy atom. The van der Waals surface area contributed by atoms with Gasteiger partial charge < -0.3 is 20.3 Å². The lowest BCUT2D eigenvalue weighted by Gasteiger charge is -2.42. The molecule has 1 aromatic rings. The van der Waals surface area contributed by atoms with Gasteiger partial charge in [0, 0.05) is 37.8 Å². The maximum atomic E-state index is 13.6. The Labute approximate surface area is 212 Å². The number of likely N-dealkylation sites (N-methyl/N-ethyl adjacent to an activating group) is 1. The van der Waals surface area contributed by atoms with Crippen LogP contribution in [0.3, 0.4) is 0 Å². The average Bonchev–Trinajstić information content (AvgIpc) is 3.20. The van der Waals surface area contributed by atoms with Crippen LogP contribution in [0.15, 0.2) is 17.4 Å². The van der Waals surface area contributed by atoms with Crippen molar-refractivity contribution in [3.05, 3.63) is 22.8 Å². The third kappa shape index (κ3) is 5.53. The van der Waals surface area contributed by atoms with Crippen molar-refractivity contribution in [3.63, 3.8) is 0 Å². The molecule has 2 fully saturated rings. The number of amides is 3. The lowest BCUT2D eigenvalue weighted by molar-refractivity contribution is -0.139. The zero-order chi connectivity index (χ0) is 26.1. The van der Waals surface area contributed by atoms with E-state index < -0.39 is 36.0 Å². The van der Waals surface area contributed by atoms with Crippen molar-refractivity contribution in [3.8, 4) is 0 Å². The first kappa shape index (κ1) is 26.1. The quantitative estimate of drug-likeness (QED) is 0.506. The number of hydrogen-bond donors (Lipinski definition) is 3. The van der Waals surface area contributed by atoms with Crippen LogP contribution >= 0.6 is 11.6 Å². The lowest BCUT2D eigenvalue weighted by Crippen LogP contribution is -2.52. The summed E-state index contributed by atoms with van der Waals surface area (Å²) >= 11 is 6.56. The molecular weight excluding hydrogens is 498 g/mol. The Bertz CT molecular complexity index is 1080. The second kappa shape index (κ2) is 10.2. The van der Waals surface area contributed by atoms with Gasteiger partial charge in [0.05, 0.1) is 11.6 Å². The first-order valence-electron chi connectivity index (χ1n) is 11.9. The highest BCUT2D eigenvalue weighted by molar-refractivity contribution is 6.35. The molecule has 3 heterocycles. The Morgan fingerprint density at radius 3 is 2.64 bits per heavy atom.